The predicted molar refractivity (Wildman–Crippen MR) is 114 cm³/mol. The minimum Gasteiger partial charge on any atom is -0.465 e. The van der Waals surface area contributed by atoms with Crippen LogP contribution in [0.15, 0.2) is 18.2 Å². The number of benzene rings is 1. The number of rotatable bonds is 5. The third-order valence-electron chi connectivity index (χ3n) is 5.88. The van der Waals surface area contributed by atoms with Gasteiger partial charge in [-0.15, -0.1) is 0 Å². The number of carbonyl (C=O) groups excluding carboxylic acids is 1. The number of nitrogens with zero attached hydrogens (tertiary/aromatic N) is 4. The Labute approximate surface area is 181 Å². The molecule has 1 aromatic rings. The number of hydrogen-bond acceptors (Lipinski definition) is 5. The standard InChI is InChI=1S/C22H29FN4O4/c1-22(2,3)27(20(28)29)14-17-13-26(21(30)31-17)16-4-5-19(18(23)12-16)25-10-7-15(6-9-24)8-11-25/h4-5,12,15,17H,6-8,10-11,13-14H2,1-3H3,(H,28,29)/t17-/m1/s1. The fraction of sp³-hybridized carbons (Fsp3) is 0.591. The van der Waals surface area contributed by atoms with E-state index in [1.165, 1.54) is 15.9 Å². The molecule has 2 aliphatic heterocycles. The van der Waals surface area contributed by atoms with E-state index < -0.39 is 29.6 Å². The Balaban J connectivity index is 1.67. The Morgan fingerprint density at radius 1 is 1.35 bits per heavy atom. The van der Waals surface area contributed by atoms with E-state index in [0.717, 1.165) is 12.8 Å². The van der Waals surface area contributed by atoms with Crippen molar-refractivity contribution in [1.29, 1.82) is 5.26 Å². The number of nitriles is 1. The second-order valence-corrected chi connectivity index (χ2v) is 9.11. The highest BCUT2D eigenvalue weighted by atomic mass is 19.1. The number of halogens is 1. The summed E-state index contributed by atoms with van der Waals surface area (Å²) in [5.74, 6) is -0.0623. The van der Waals surface area contributed by atoms with Gasteiger partial charge in [-0.1, -0.05) is 0 Å². The van der Waals surface area contributed by atoms with E-state index in [1.807, 2.05) is 4.90 Å². The van der Waals surface area contributed by atoms with Gasteiger partial charge in [-0.25, -0.2) is 14.0 Å². The SMILES string of the molecule is CC(C)(C)N(C[C@H]1CN(c2ccc(N3CCC(CC#N)CC3)c(F)c2)C(=O)O1)C(=O)O. The molecule has 3 rings (SSSR count). The molecule has 168 valence electrons. The van der Waals surface area contributed by atoms with E-state index in [9.17, 15) is 19.1 Å². The van der Waals surface area contributed by atoms with Gasteiger partial charge in [0, 0.05) is 25.0 Å². The molecule has 0 radical (unpaired) electrons. The van der Waals surface area contributed by atoms with E-state index in [0.29, 0.717) is 36.8 Å². The molecule has 2 heterocycles. The monoisotopic (exact) mass is 432 g/mol. The Morgan fingerprint density at radius 2 is 2.03 bits per heavy atom. The van der Waals surface area contributed by atoms with Crippen LogP contribution in [0.5, 0.6) is 0 Å². The molecule has 0 aliphatic carbocycles. The molecule has 2 aliphatic rings. The van der Waals surface area contributed by atoms with Crippen molar-refractivity contribution in [2.45, 2.75) is 51.7 Å². The van der Waals surface area contributed by atoms with E-state index >= 15 is 0 Å². The number of amides is 2. The number of carbonyl (C=O) groups is 2. The summed E-state index contributed by atoms with van der Waals surface area (Å²) < 4.78 is 20.2. The first-order valence-electron chi connectivity index (χ1n) is 10.5. The number of carboxylic acid groups (broad SMARTS) is 1. The molecular weight excluding hydrogens is 403 g/mol. The average molecular weight is 432 g/mol. The molecule has 2 fully saturated rings. The Kier molecular flexibility index (Phi) is 6.58. The van der Waals surface area contributed by atoms with Crippen LogP contribution in [0.2, 0.25) is 0 Å². The average Bonchev–Trinajstić information content (AvgIpc) is 3.06. The zero-order chi connectivity index (χ0) is 22.8. The lowest BCUT2D eigenvalue weighted by atomic mass is 9.94. The summed E-state index contributed by atoms with van der Waals surface area (Å²) in [6, 6.07) is 6.86. The summed E-state index contributed by atoms with van der Waals surface area (Å²) in [4.78, 5) is 28.4. The molecule has 0 aromatic heterocycles. The van der Waals surface area contributed by atoms with Gasteiger partial charge in [0.15, 0.2) is 0 Å². The second-order valence-electron chi connectivity index (χ2n) is 9.11. The predicted octanol–water partition coefficient (Wildman–Crippen LogP) is 4.06. The molecule has 9 heteroatoms. The largest absolute Gasteiger partial charge is 0.465 e. The van der Waals surface area contributed by atoms with Crippen molar-refractivity contribution in [1.82, 2.24) is 4.90 Å². The molecular formula is C22H29FN4O4. The quantitative estimate of drug-likeness (QED) is 0.754. The van der Waals surface area contributed by atoms with Crippen molar-refractivity contribution in [2.75, 3.05) is 36.0 Å². The van der Waals surface area contributed by atoms with Crippen molar-refractivity contribution in [3.05, 3.63) is 24.0 Å². The zero-order valence-corrected chi connectivity index (χ0v) is 18.2. The lowest BCUT2D eigenvalue weighted by Gasteiger charge is -2.34. The van der Waals surface area contributed by atoms with Gasteiger partial charge in [0.2, 0.25) is 0 Å². The summed E-state index contributed by atoms with van der Waals surface area (Å²) in [5, 5.41) is 18.3. The number of ether oxygens (including phenoxy) is 1. The van der Waals surface area contributed by atoms with Gasteiger partial charge in [-0.2, -0.15) is 5.26 Å². The third kappa shape index (κ3) is 5.19. The molecule has 31 heavy (non-hydrogen) atoms. The van der Waals surface area contributed by atoms with Crippen molar-refractivity contribution < 1.29 is 23.8 Å². The molecule has 0 saturated carbocycles. The van der Waals surface area contributed by atoms with Crippen molar-refractivity contribution in [3.8, 4) is 6.07 Å². The fourth-order valence-electron chi connectivity index (χ4n) is 4.10. The molecule has 2 amide bonds. The van der Waals surface area contributed by atoms with E-state index in [-0.39, 0.29) is 13.1 Å². The topological polar surface area (TPSA) is 97.1 Å². The molecule has 1 atom stereocenters. The van der Waals surface area contributed by atoms with Crippen LogP contribution >= 0.6 is 0 Å². The first kappa shape index (κ1) is 22.7. The van der Waals surface area contributed by atoms with E-state index in [4.69, 9.17) is 10.00 Å². The molecule has 0 spiro atoms. The van der Waals surface area contributed by atoms with Crippen molar-refractivity contribution in [2.24, 2.45) is 5.92 Å². The normalized spacial score (nSPS) is 19.8. The van der Waals surface area contributed by atoms with Gasteiger partial charge >= 0.3 is 12.2 Å². The van der Waals surface area contributed by atoms with Gasteiger partial charge in [-0.3, -0.25) is 9.80 Å². The zero-order valence-electron chi connectivity index (χ0n) is 18.2. The fourth-order valence-corrected chi connectivity index (χ4v) is 4.10. The first-order chi connectivity index (χ1) is 14.6. The third-order valence-corrected chi connectivity index (χ3v) is 5.88. The van der Waals surface area contributed by atoms with Gasteiger partial charge in [0.25, 0.3) is 0 Å². The molecule has 0 bridgehead atoms. The van der Waals surface area contributed by atoms with Gasteiger partial charge in [0.05, 0.1) is 30.5 Å². The second kappa shape index (κ2) is 9.00. The maximum atomic E-state index is 14.9. The Hall–Kier alpha value is -3.02. The summed E-state index contributed by atoms with van der Waals surface area (Å²) in [6.45, 7) is 6.88. The van der Waals surface area contributed by atoms with Crippen molar-refractivity contribution >= 4 is 23.6 Å². The number of anilines is 2. The van der Waals surface area contributed by atoms with Crippen LogP contribution < -0.4 is 9.80 Å². The first-order valence-corrected chi connectivity index (χ1v) is 10.5. The highest BCUT2D eigenvalue weighted by molar-refractivity contribution is 5.90. The lowest BCUT2D eigenvalue weighted by Crippen LogP contribution is -2.49. The lowest BCUT2D eigenvalue weighted by molar-refractivity contribution is 0.0605. The van der Waals surface area contributed by atoms with E-state index in [2.05, 4.69) is 6.07 Å². The van der Waals surface area contributed by atoms with Gasteiger partial charge < -0.3 is 14.7 Å². The summed E-state index contributed by atoms with van der Waals surface area (Å²) in [5.41, 5.74) is 0.221. The summed E-state index contributed by atoms with van der Waals surface area (Å²) >= 11 is 0. The highest BCUT2D eigenvalue weighted by Gasteiger charge is 2.37. The highest BCUT2D eigenvalue weighted by Crippen LogP contribution is 2.31. The molecule has 0 unspecified atom stereocenters. The molecule has 8 nitrogen and oxygen atoms in total. The molecule has 1 aromatic carbocycles. The molecule has 1 N–H and O–H groups in total. The Bertz CT molecular complexity index is 871. The van der Waals surface area contributed by atoms with Crippen LogP contribution in [0.25, 0.3) is 0 Å². The smallest absolute Gasteiger partial charge is 0.414 e. The van der Waals surface area contributed by atoms with Crippen LogP contribution in [0, 0.1) is 23.1 Å². The van der Waals surface area contributed by atoms with Gasteiger partial charge in [0.1, 0.15) is 11.9 Å². The van der Waals surface area contributed by atoms with Crippen LogP contribution in [0.4, 0.5) is 25.4 Å². The van der Waals surface area contributed by atoms with E-state index in [1.54, 1.807) is 32.9 Å². The van der Waals surface area contributed by atoms with Crippen LogP contribution in [0.1, 0.15) is 40.0 Å². The number of cyclic esters (lactones) is 1. The minimum absolute atomic E-state index is 0.0410. The van der Waals surface area contributed by atoms with Crippen LogP contribution in [0.3, 0.4) is 0 Å². The van der Waals surface area contributed by atoms with Gasteiger partial charge in [-0.05, 0) is 57.7 Å². The minimum atomic E-state index is -1.09. The van der Waals surface area contributed by atoms with Crippen molar-refractivity contribution in [3.63, 3.8) is 0 Å². The summed E-state index contributed by atoms with van der Waals surface area (Å²) in [6.07, 6.45) is -0.109. The maximum absolute atomic E-state index is 14.9. The maximum Gasteiger partial charge on any atom is 0.414 e. The Morgan fingerprint density at radius 3 is 2.58 bits per heavy atom. The van der Waals surface area contributed by atoms with Crippen LogP contribution in [-0.4, -0.2) is 60.0 Å². The molecule has 2 saturated heterocycles. The summed E-state index contributed by atoms with van der Waals surface area (Å²) in [7, 11) is 0. The number of hydrogen-bond donors (Lipinski definition) is 1. The number of piperidine rings is 1. The van der Waals surface area contributed by atoms with Crippen LogP contribution in [-0.2, 0) is 4.74 Å².